The number of esters is 1. The first-order chi connectivity index (χ1) is 15.8. The van der Waals surface area contributed by atoms with E-state index in [4.69, 9.17) is 4.74 Å². The Kier molecular flexibility index (Phi) is 7.86. The second-order valence-electron chi connectivity index (χ2n) is 6.67. The molecule has 0 bridgehead atoms. The van der Waals surface area contributed by atoms with E-state index in [0.717, 1.165) is 21.3 Å². The molecule has 0 saturated heterocycles. The van der Waals surface area contributed by atoms with Crippen LogP contribution in [0.3, 0.4) is 0 Å². The van der Waals surface area contributed by atoms with E-state index in [1.807, 2.05) is 0 Å². The summed E-state index contributed by atoms with van der Waals surface area (Å²) in [5.74, 6) is -2.62. The van der Waals surface area contributed by atoms with E-state index in [1.165, 1.54) is 0 Å². The van der Waals surface area contributed by atoms with Crippen molar-refractivity contribution in [2.75, 3.05) is 19.1 Å². The highest BCUT2D eigenvalue weighted by molar-refractivity contribution is 9.10. The van der Waals surface area contributed by atoms with Gasteiger partial charge in [-0.1, -0.05) is 0 Å². The molecule has 0 N–H and O–H groups in total. The van der Waals surface area contributed by atoms with Crippen molar-refractivity contribution in [1.29, 1.82) is 0 Å². The van der Waals surface area contributed by atoms with Crippen molar-refractivity contribution in [1.82, 2.24) is 9.55 Å². The van der Waals surface area contributed by atoms with Gasteiger partial charge in [-0.25, -0.2) is 9.78 Å². The summed E-state index contributed by atoms with van der Waals surface area (Å²) in [4.78, 5) is 27.8. The van der Waals surface area contributed by atoms with Crippen LogP contribution in [-0.2, 0) is 39.8 Å². The summed E-state index contributed by atoms with van der Waals surface area (Å²) >= 11 is 2.51. The predicted molar refractivity (Wildman–Crippen MR) is 104 cm³/mol. The molecule has 1 atom stereocenters. The quantitative estimate of drug-likeness (QED) is 0.283. The molecule has 2 aromatic rings. The molecule has 194 valence electrons. The van der Waals surface area contributed by atoms with E-state index in [2.05, 4.69) is 25.7 Å². The molecule has 1 aromatic heterocycles. The average molecular weight is 586 g/mol. The normalized spacial score (nSPS) is 13.5. The molecule has 7 nitrogen and oxygen atoms in total. The fourth-order valence-electron chi connectivity index (χ4n) is 2.79. The predicted octanol–water partition coefficient (Wildman–Crippen LogP) is 4.88. The highest BCUT2D eigenvalue weighted by atomic mass is 79.9. The van der Waals surface area contributed by atoms with E-state index >= 15 is 0 Å². The standard InChI is InChI=1S/C18H13BrF9N3O4/c1-30-11(32)6-10(18(26,27)28)29-15(30)31(13(34-2)14(33)35-3)9-5-7(16(20,21)22)4-8(12(9)19)17(23,24)25/h4-6,13H,1-3H3. The number of benzene rings is 1. The molecule has 17 heteroatoms. The largest absolute Gasteiger partial charge is 0.466 e. The molecule has 0 aliphatic carbocycles. The molecule has 0 aliphatic heterocycles. The Balaban J connectivity index is 3.10. The number of carbonyl (C=O) groups excluding carboxylic acids is 1. The van der Waals surface area contributed by atoms with Crippen LogP contribution in [0.5, 0.6) is 0 Å². The van der Waals surface area contributed by atoms with Crippen molar-refractivity contribution in [3.05, 3.63) is 49.8 Å². The molecule has 0 amide bonds. The zero-order valence-electron chi connectivity index (χ0n) is 17.6. The van der Waals surface area contributed by atoms with Crippen molar-refractivity contribution in [2.24, 2.45) is 7.05 Å². The van der Waals surface area contributed by atoms with Crippen molar-refractivity contribution < 1.29 is 53.8 Å². The number of halogens is 10. The molecule has 1 unspecified atom stereocenters. The monoisotopic (exact) mass is 585 g/mol. The molecular formula is C18H13BrF9N3O4. The molecule has 0 fully saturated rings. The van der Waals surface area contributed by atoms with Crippen LogP contribution >= 0.6 is 15.9 Å². The maximum Gasteiger partial charge on any atom is 0.433 e. The number of nitrogens with zero attached hydrogens (tertiary/aromatic N) is 3. The van der Waals surface area contributed by atoms with E-state index in [-0.39, 0.29) is 23.1 Å². The van der Waals surface area contributed by atoms with Gasteiger partial charge in [-0.15, -0.1) is 0 Å². The summed E-state index contributed by atoms with van der Waals surface area (Å²) in [6.07, 6.45) is -18.3. The number of methoxy groups -OCH3 is 2. The maximum absolute atomic E-state index is 13.6. The second kappa shape index (κ2) is 9.67. The summed E-state index contributed by atoms with van der Waals surface area (Å²) in [7, 11) is 2.37. The van der Waals surface area contributed by atoms with Crippen LogP contribution < -0.4 is 10.5 Å². The second-order valence-corrected chi connectivity index (χ2v) is 7.46. The summed E-state index contributed by atoms with van der Waals surface area (Å²) in [6.45, 7) is 0. The Morgan fingerprint density at radius 3 is 2.00 bits per heavy atom. The van der Waals surface area contributed by atoms with Gasteiger partial charge < -0.3 is 9.47 Å². The molecule has 0 aliphatic rings. The summed E-state index contributed by atoms with van der Waals surface area (Å²) in [5, 5.41) is 0. The number of rotatable bonds is 5. The average Bonchev–Trinajstić information content (AvgIpc) is 2.71. The van der Waals surface area contributed by atoms with Crippen molar-refractivity contribution in [3.8, 4) is 0 Å². The van der Waals surface area contributed by atoms with Crippen LogP contribution in [0.15, 0.2) is 27.5 Å². The van der Waals surface area contributed by atoms with Crippen molar-refractivity contribution in [3.63, 3.8) is 0 Å². The zero-order chi connectivity index (χ0) is 27.1. The first-order valence-corrected chi connectivity index (χ1v) is 9.67. The van der Waals surface area contributed by atoms with Crippen LogP contribution in [0.1, 0.15) is 16.8 Å². The fourth-order valence-corrected chi connectivity index (χ4v) is 3.43. The Bertz CT molecular complexity index is 1180. The SMILES string of the molecule is COC(=O)C(OC)N(c1cc(C(F)(F)F)cc(C(F)(F)F)c1Br)c1nc(C(F)(F)F)cc(=O)n1C. The third-order valence-electron chi connectivity index (χ3n) is 4.42. The number of alkyl halides is 9. The molecule has 0 saturated carbocycles. The van der Waals surface area contributed by atoms with Gasteiger partial charge in [0, 0.05) is 20.2 Å². The van der Waals surface area contributed by atoms with Gasteiger partial charge >= 0.3 is 24.5 Å². The van der Waals surface area contributed by atoms with Gasteiger partial charge in [-0.05, 0) is 28.1 Å². The third kappa shape index (κ3) is 5.88. The zero-order valence-corrected chi connectivity index (χ0v) is 19.1. The lowest BCUT2D eigenvalue weighted by atomic mass is 10.1. The molecule has 2 rings (SSSR count). The number of hydrogen-bond donors (Lipinski definition) is 0. The van der Waals surface area contributed by atoms with E-state index in [9.17, 15) is 49.1 Å². The van der Waals surface area contributed by atoms with Gasteiger partial charge in [0.2, 0.25) is 12.2 Å². The van der Waals surface area contributed by atoms with Crippen LogP contribution in [0.4, 0.5) is 51.1 Å². The van der Waals surface area contributed by atoms with Crippen molar-refractivity contribution in [2.45, 2.75) is 24.8 Å². The van der Waals surface area contributed by atoms with Gasteiger partial charge in [0.1, 0.15) is 0 Å². The van der Waals surface area contributed by atoms with E-state index in [0.29, 0.717) is 4.57 Å². The molecule has 35 heavy (non-hydrogen) atoms. The maximum atomic E-state index is 13.6. The number of carbonyl (C=O) groups is 1. The molecule has 1 heterocycles. The minimum atomic E-state index is -5.39. The molecular weight excluding hydrogens is 573 g/mol. The number of anilines is 2. The molecule has 1 aromatic carbocycles. The van der Waals surface area contributed by atoms with Crippen LogP contribution in [-0.4, -0.2) is 36.0 Å². The van der Waals surface area contributed by atoms with Gasteiger partial charge in [0.25, 0.3) is 5.56 Å². The van der Waals surface area contributed by atoms with Crippen molar-refractivity contribution >= 4 is 33.5 Å². The summed E-state index contributed by atoms with van der Waals surface area (Å²) < 4.78 is 130. The first kappa shape index (κ1) is 28.4. The molecule has 0 radical (unpaired) electrons. The number of aromatic nitrogens is 2. The summed E-state index contributed by atoms with van der Waals surface area (Å²) in [6, 6.07) is -0.0883. The van der Waals surface area contributed by atoms with Gasteiger partial charge in [0.05, 0.1) is 28.4 Å². The third-order valence-corrected chi connectivity index (χ3v) is 5.26. The lowest BCUT2D eigenvalue weighted by molar-refractivity contribution is -0.151. The fraction of sp³-hybridized carbons (Fsp3) is 0.389. The van der Waals surface area contributed by atoms with Gasteiger partial charge in [0.15, 0.2) is 5.69 Å². The Labute approximate surface area is 198 Å². The number of ether oxygens (including phenoxy) is 2. The highest BCUT2D eigenvalue weighted by Gasteiger charge is 2.43. The Morgan fingerprint density at radius 2 is 1.57 bits per heavy atom. The minimum absolute atomic E-state index is 0.0456. The lowest BCUT2D eigenvalue weighted by Gasteiger charge is -2.32. The number of hydrogen-bond acceptors (Lipinski definition) is 6. The lowest BCUT2D eigenvalue weighted by Crippen LogP contribution is -2.44. The van der Waals surface area contributed by atoms with E-state index < -0.39 is 69.2 Å². The van der Waals surface area contributed by atoms with Crippen LogP contribution in [0.25, 0.3) is 0 Å². The molecule has 0 spiro atoms. The van der Waals surface area contributed by atoms with Crippen LogP contribution in [0.2, 0.25) is 0 Å². The smallest absolute Gasteiger partial charge is 0.433 e. The Morgan fingerprint density at radius 1 is 1.00 bits per heavy atom. The topological polar surface area (TPSA) is 73.7 Å². The van der Waals surface area contributed by atoms with Crippen LogP contribution in [0, 0.1) is 0 Å². The first-order valence-electron chi connectivity index (χ1n) is 8.87. The minimum Gasteiger partial charge on any atom is -0.466 e. The van der Waals surface area contributed by atoms with Gasteiger partial charge in [-0.2, -0.15) is 39.5 Å². The van der Waals surface area contributed by atoms with E-state index in [1.54, 1.807) is 0 Å². The van der Waals surface area contributed by atoms with Gasteiger partial charge in [-0.3, -0.25) is 14.3 Å². The highest BCUT2D eigenvalue weighted by Crippen LogP contribution is 2.46. The summed E-state index contributed by atoms with van der Waals surface area (Å²) in [5.41, 5.74) is -8.13. The Hall–Kier alpha value is -2.82.